The summed E-state index contributed by atoms with van der Waals surface area (Å²) in [6.45, 7) is 4.71. The smallest absolute Gasteiger partial charge is 0.161 e. The maximum absolute atomic E-state index is 5.24. The molecule has 0 unspecified atom stereocenters. The molecule has 0 fully saturated rings. The van der Waals surface area contributed by atoms with Gasteiger partial charge in [-0.3, -0.25) is 4.98 Å². The number of benzene rings is 6. The van der Waals surface area contributed by atoms with E-state index in [0.29, 0.717) is 5.82 Å². The highest BCUT2D eigenvalue weighted by atomic mass is 14.9. The second-order valence-corrected chi connectivity index (χ2v) is 13.3. The van der Waals surface area contributed by atoms with Gasteiger partial charge in [0, 0.05) is 34.5 Å². The molecule has 2 heterocycles. The number of fused-ring (bicyclic) bond motifs is 4. The fraction of sp³-hybridized carbons (Fsp3) is 0.0652. The van der Waals surface area contributed by atoms with Gasteiger partial charge in [0.15, 0.2) is 5.82 Å². The van der Waals surface area contributed by atoms with Crippen LogP contribution in [-0.2, 0) is 5.41 Å². The fourth-order valence-electron chi connectivity index (χ4n) is 7.64. The molecule has 0 bridgehead atoms. The molecule has 2 aromatic heterocycles. The average Bonchev–Trinajstić information content (AvgIpc) is 3.41. The Labute approximate surface area is 286 Å². The van der Waals surface area contributed by atoms with Gasteiger partial charge in [-0.2, -0.15) is 0 Å². The number of hydrogen-bond donors (Lipinski definition) is 0. The number of nitrogens with zero attached hydrogens (tertiary/aromatic N) is 3. The normalized spacial score (nSPS) is 12.9. The first-order valence-corrected chi connectivity index (χ1v) is 16.8. The minimum Gasteiger partial charge on any atom is -0.264 e. The molecule has 1 aliphatic carbocycles. The van der Waals surface area contributed by atoms with E-state index in [1.165, 1.54) is 38.8 Å². The van der Waals surface area contributed by atoms with Gasteiger partial charge in [0.25, 0.3) is 0 Å². The third kappa shape index (κ3) is 4.86. The van der Waals surface area contributed by atoms with Gasteiger partial charge < -0.3 is 0 Å². The van der Waals surface area contributed by atoms with Crippen LogP contribution in [0.2, 0.25) is 0 Å². The highest BCUT2D eigenvalue weighted by Gasteiger charge is 2.37. The molecule has 8 aromatic rings. The Hall–Kier alpha value is -6.19. The van der Waals surface area contributed by atoms with E-state index >= 15 is 0 Å². The Kier molecular flexibility index (Phi) is 6.80. The van der Waals surface area contributed by atoms with Crippen molar-refractivity contribution in [1.82, 2.24) is 15.0 Å². The lowest BCUT2D eigenvalue weighted by Crippen LogP contribution is -2.16. The number of pyridine rings is 1. The Balaban J connectivity index is 1.21. The molecule has 1 aliphatic rings. The molecule has 0 atom stereocenters. The maximum atomic E-state index is 5.24. The molecule has 0 saturated heterocycles. The number of aromatic nitrogens is 3. The molecular weight excluding hydrogens is 595 g/mol. The number of rotatable bonds is 5. The topological polar surface area (TPSA) is 38.7 Å². The predicted molar refractivity (Wildman–Crippen MR) is 202 cm³/mol. The Morgan fingerprint density at radius 3 is 1.73 bits per heavy atom. The van der Waals surface area contributed by atoms with E-state index in [1.54, 1.807) is 6.20 Å². The standard InChI is InChI=1S/C46H33N3/c1-46(2)41-20-9-8-17-37(41)39-19-10-18-38(44(39)46)36-25-26-40(35-16-7-6-15-34(35)36)45-48-42(31-12-4-3-5-13-31)28-43(49-45)32-23-21-30(22-24-32)33-14-11-27-47-29-33/h3-29H,1-2H3. The molecule has 49 heavy (non-hydrogen) atoms. The van der Waals surface area contributed by atoms with Crippen molar-refractivity contribution in [2.75, 3.05) is 0 Å². The van der Waals surface area contributed by atoms with Crippen LogP contribution in [0.1, 0.15) is 25.0 Å². The van der Waals surface area contributed by atoms with Crippen molar-refractivity contribution in [2.45, 2.75) is 19.3 Å². The third-order valence-electron chi connectivity index (χ3n) is 10.0. The molecule has 0 saturated carbocycles. The molecule has 0 amide bonds. The molecule has 6 aromatic carbocycles. The van der Waals surface area contributed by atoms with Crippen molar-refractivity contribution in [3.63, 3.8) is 0 Å². The van der Waals surface area contributed by atoms with Gasteiger partial charge in [-0.15, -0.1) is 0 Å². The monoisotopic (exact) mass is 627 g/mol. The molecule has 0 aliphatic heterocycles. The summed E-state index contributed by atoms with van der Waals surface area (Å²) in [6, 6.07) is 53.8. The van der Waals surface area contributed by atoms with Crippen molar-refractivity contribution < 1.29 is 0 Å². The van der Waals surface area contributed by atoms with Gasteiger partial charge in [0.2, 0.25) is 0 Å². The zero-order valence-electron chi connectivity index (χ0n) is 27.4. The van der Waals surface area contributed by atoms with Crippen LogP contribution >= 0.6 is 0 Å². The van der Waals surface area contributed by atoms with E-state index in [9.17, 15) is 0 Å². The largest absolute Gasteiger partial charge is 0.264 e. The van der Waals surface area contributed by atoms with E-state index in [4.69, 9.17) is 9.97 Å². The number of hydrogen-bond acceptors (Lipinski definition) is 3. The van der Waals surface area contributed by atoms with E-state index in [2.05, 4.69) is 158 Å². The van der Waals surface area contributed by atoms with Crippen molar-refractivity contribution in [3.05, 3.63) is 175 Å². The molecule has 0 spiro atoms. The van der Waals surface area contributed by atoms with E-state index in [1.807, 2.05) is 18.3 Å². The van der Waals surface area contributed by atoms with Gasteiger partial charge in [0.05, 0.1) is 11.4 Å². The third-order valence-corrected chi connectivity index (χ3v) is 10.0. The summed E-state index contributed by atoms with van der Waals surface area (Å²) in [4.78, 5) is 14.7. The molecule has 3 nitrogen and oxygen atoms in total. The van der Waals surface area contributed by atoms with Crippen LogP contribution in [0.3, 0.4) is 0 Å². The first kappa shape index (κ1) is 29.0. The van der Waals surface area contributed by atoms with Gasteiger partial charge >= 0.3 is 0 Å². The maximum Gasteiger partial charge on any atom is 0.161 e. The van der Waals surface area contributed by atoms with Crippen molar-refractivity contribution >= 4 is 10.8 Å². The SMILES string of the molecule is CC1(C)c2ccccc2-c2cccc(-c3ccc(-c4nc(-c5ccccc5)cc(-c5ccc(-c6cccnc6)cc5)n4)c4ccccc34)c21. The van der Waals surface area contributed by atoms with Crippen LogP contribution in [0, 0.1) is 0 Å². The van der Waals surface area contributed by atoms with Gasteiger partial charge in [-0.1, -0.05) is 147 Å². The van der Waals surface area contributed by atoms with Crippen molar-refractivity contribution in [3.8, 4) is 67.3 Å². The van der Waals surface area contributed by atoms with Crippen LogP contribution in [0.25, 0.3) is 78.1 Å². The minimum absolute atomic E-state index is 0.114. The average molecular weight is 628 g/mol. The molecule has 9 rings (SSSR count). The lowest BCUT2D eigenvalue weighted by Gasteiger charge is -2.25. The molecule has 0 radical (unpaired) electrons. The summed E-state index contributed by atoms with van der Waals surface area (Å²) in [5, 5.41) is 2.32. The second kappa shape index (κ2) is 11.5. The summed E-state index contributed by atoms with van der Waals surface area (Å²) >= 11 is 0. The Bertz CT molecular complexity index is 2500. The summed E-state index contributed by atoms with van der Waals surface area (Å²) in [6.07, 6.45) is 3.69. The molecular formula is C46H33N3. The Morgan fingerprint density at radius 2 is 1.00 bits per heavy atom. The first-order valence-electron chi connectivity index (χ1n) is 16.8. The van der Waals surface area contributed by atoms with E-state index < -0.39 is 0 Å². The predicted octanol–water partition coefficient (Wildman–Crippen LogP) is 11.7. The molecule has 3 heteroatoms. The highest BCUT2D eigenvalue weighted by molar-refractivity contribution is 6.06. The zero-order chi connectivity index (χ0) is 33.0. The zero-order valence-corrected chi connectivity index (χ0v) is 27.4. The second-order valence-electron chi connectivity index (χ2n) is 13.3. The van der Waals surface area contributed by atoms with E-state index in [-0.39, 0.29) is 5.41 Å². The highest BCUT2D eigenvalue weighted by Crippen LogP contribution is 2.53. The van der Waals surface area contributed by atoms with Crippen LogP contribution in [-0.4, -0.2) is 15.0 Å². The van der Waals surface area contributed by atoms with Crippen LogP contribution in [0.4, 0.5) is 0 Å². The van der Waals surface area contributed by atoms with Crippen LogP contribution in [0.5, 0.6) is 0 Å². The lowest BCUT2D eigenvalue weighted by molar-refractivity contribution is 0.662. The van der Waals surface area contributed by atoms with Crippen LogP contribution < -0.4 is 0 Å². The van der Waals surface area contributed by atoms with Crippen molar-refractivity contribution in [2.24, 2.45) is 0 Å². The van der Waals surface area contributed by atoms with Crippen molar-refractivity contribution in [1.29, 1.82) is 0 Å². The summed E-state index contributed by atoms with van der Waals surface area (Å²) in [5.41, 5.74) is 14.9. The van der Waals surface area contributed by atoms with Gasteiger partial charge in [-0.05, 0) is 73.5 Å². The van der Waals surface area contributed by atoms with E-state index in [0.717, 1.165) is 44.6 Å². The quantitative estimate of drug-likeness (QED) is 0.191. The Morgan fingerprint density at radius 1 is 0.429 bits per heavy atom. The summed E-state index contributed by atoms with van der Waals surface area (Å²) < 4.78 is 0. The first-order chi connectivity index (χ1) is 24.1. The van der Waals surface area contributed by atoms with Gasteiger partial charge in [0.1, 0.15) is 0 Å². The van der Waals surface area contributed by atoms with Gasteiger partial charge in [-0.25, -0.2) is 9.97 Å². The summed E-state index contributed by atoms with van der Waals surface area (Å²) in [7, 11) is 0. The lowest BCUT2D eigenvalue weighted by atomic mass is 9.78. The molecule has 232 valence electrons. The minimum atomic E-state index is -0.114. The fourth-order valence-corrected chi connectivity index (χ4v) is 7.64. The van der Waals surface area contributed by atoms with Crippen LogP contribution in [0.15, 0.2) is 164 Å². The summed E-state index contributed by atoms with van der Waals surface area (Å²) in [5.74, 6) is 0.710. The molecule has 0 N–H and O–H groups in total.